The topological polar surface area (TPSA) is 69.3 Å². The Bertz CT molecular complexity index is 1580. The zero-order valence-corrected chi connectivity index (χ0v) is 23.1. The lowest BCUT2D eigenvalue weighted by molar-refractivity contribution is 0.0992. The van der Waals surface area contributed by atoms with Crippen LogP contribution in [0.1, 0.15) is 46.9 Å². The zero-order valence-electron chi connectivity index (χ0n) is 21.5. The smallest absolute Gasteiger partial charge is 0.292 e. The summed E-state index contributed by atoms with van der Waals surface area (Å²) in [6.07, 6.45) is 1.68. The Balaban J connectivity index is 1.18. The molecule has 0 aliphatic carbocycles. The van der Waals surface area contributed by atoms with Crippen molar-refractivity contribution >= 4 is 27.7 Å². The van der Waals surface area contributed by atoms with Gasteiger partial charge in [0.1, 0.15) is 23.9 Å². The van der Waals surface area contributed by atoms with Gasteiger partial charge in [-0.25, -0.2) is 4.39 Å². The number of carbonyl (C=O) groups excluding carboxylic acids is 1. The van der Waals surface area contributed by atoms with E-state index in [2.05, 4.69) is 64.5 Å². The van der Waals surface area contributed by atoms with E-state index >= 15 is 0 Å². The molecule has 8 heteroatoms. The number of carbonyl (C=O) groups is 1. The van der Waals surface area contributed by atoms with Crippen molar-refractivity contribution in [2.45, 2.75) is 32.4 Å². The van der Waals surface area contributed by atoms with Crippen molar-refractivity contribution < 1.29 is 18.3 Å². The molecular weight excluding hydrogens is 561 g/mol. The number of nitrogens with zero attached hydrogens (tertiary/aromatic N) is 2. The minimum Gasteiger partial charge on any atom is -0.486 e. The Kier molecular flexibility index (Phi) is 7.65. The van der Waals surface area contributed by atoms with Gasteiger partial charge in [-0.2, -0.15) is 5.10 Å². The van der Waals surface area contributed by atoms with Crippen LogP contribution in [0.15, 0.2) is 106 Å². The summed E-state index contributed by atoms with van der Waals surface area (Å²) in [7, 11) is 0. The Hall–Kier alpha value is -4.17. The lowest BCUT2D eigenvalue weighted by Gasteiger charge is -2.26. The molecule has 0 spiro atoms. The first kappa shape index (κ1) is 26.4. The van der Waals surface area contributed by atoms with Crippen molar-refractivity contribution in [1.82, 2.24) is 9.78 Å². The van der Waals surface area contributed by atoms with Gasteiger partial charge in [0.2, 0.25) is 0 Å². The van der Waals surface area contributed by atoms with Crippen LogP contribution in [0.5, 0.6) is 5.75 Å². The van der Waals surface area contributed by atoms with Crippen LogP contribution in [0.2, 0.25) is 0 Å². The van der Waals surface area contributed by atoms with Crippen LogP contribution < -0.4 is 10.1 Å². The minimum atomic E-state index is -0.453. The quantitative estimate of drug-likeness (QED) is 0.193. The normalized spacial score (nSPS) is 11.4. The van der Waals surface area contributed by atoms with Gasteiger partial charge in [0.15, 0.2) is 11.6 Å². The van der Waals surface area contributed by atoms with Gasteiger partial charge in [-0.1, -0.05) is 74.5 Å². The molecule has 0 radical (unpaired) electrons. The molecular formula is C31H27BrFN3O3. The van der Waals surface area contributed by atoms with Gasteiger partial charge >= 0.3 is 0 Å². The molecule has 1 N–H and O–H groups in total. The molecule has 0 bridgehead atoms. The molecule has 39 heavy (non-hydrogen) atoms. The Morgan fingerprint density at radius 3 is 2.41 bits per heavy atom. The second-order valence-electron chi connectivity index (χ2n) is 9.64. The van der Waals surface area contributed by atoms with E-state index in [0.29, 0.717) is 27.4 Å². The molecule has 0 saturated carbocycles. The number of anilines is 1. The lowest BCUT2D eigenvalue weighted by atomic mass is 9.78. The van der Waals surface area contributed by atoms with Crippen molar-refractivity contribution in [3.63, 3.8) is 0 Å². The van der Waals surface area contributed by atoms with Crippen LogP contribution in [-0.2, 0) is 18.6 Å². The molecule has 3 aromatic carbocycles. The minimum absolute atomic E-state index is 0.129. The predicted octanol–water partition coefficient (Wildman–Crippen LogP) is 7.58. The van der Waals surface area contributed by atoms with E-state index in [0.717, 1.165) is 0 Å². The number of furan rings is 1. The second kappa shape index (κ2) is 11.3. The number of amides is 1. The maximum Gasteiger partial charge on any atom is 0.292 e. The maximum absolute atomic E-state index is 14.0. The Labute approximate surface area is 234 Å². The molecule has 2 heterocycles. The lowest BCUT2D eigenvalue weighted by Crippen LogP contribution is -2.18. The van der Waals surface area contributed by atoms with Gasteiger partial charge in [0.25, 0.3) is 5.91 Å². The van der Waals surface area contributed by atoms with E-state index in [4.69, 9.17) is 9.15 Å². The fourth-order valence-electron chi connectivity index (χ4n) is 4.25. The Morgan fingerprint density at radius 2 is 1.67 bits per heavy atom. The SMILES string of the molecule is CC(C)(c1ccccc1)c1ccc(OCc2ccc(C(=O)Nc3nn(Cc4ccccc4F)cc3Br)o2)cc1. The third kappa shape index (κ3) is 6.12. The molecule has 0 aliphatic rings. The van der Waals surface area contributed by atoms with E-state index < -0.39 is 5.91 Å². The molecule has 6 nitrogen and oxygen atoms in total. The highest BCUT2D eigenvalue weighted by Crippen LogP contribution is 2.32. The van der Waals surface area contributed by atoms with E-state index in [9.17, 15) is 9.18 Å². The van der Waals surface area contributed by atoms with Gasteiger partial charge in [-0.15, -0.1) is 0 Å². The number of halogens is 2. The van der Waals surface area contributed by atoms with Crippen molar-refractivity contribution in [2.24, 2.45) is 0 Å². The number of benzene rings is 3. The summed E-state index contributed by atoms with van der Waals surface area (Å²) in [4.78, 5) is 12.7. The molecule has 198 valence electrons. The number of hydrogen-bond acceptors (Lipinski definition) is 4. The summed E-state index contributed by atoms with van der Waals surface area (Å²) >= 11 is 3.39. The molecule has 1 amide bonds. The van der Waals surface area contributed by atoms with E-state index in [1.54, 1.807) is 41.2 Å². The highest BCUT2D eigenvalue weighted by Gasteiger charge is 2.23. The fourth-order valence-corrected chi connectivity index (χ4v) is 4.67. The summed E-state index contributed by atoms with van der Waals surface area (Å²) < 4.78 is 27.7. The van der Waals surface area contributed by atoms with Crippen LogP contribution in [-0.4, -0.2) is 15.7 Å². The fraction of sp³-hybridized carbons (Fsp3) is 0.161. The zero-order chi connectivity index (χ0) is 27.4. The van der Waals surface area contributed by atoms with Crippen molar-refractivity contribution in [2.75, 3.05) is 5.32 Å². The van der Waals surface area contributed by atoms with Crippen LogP contribution in [0.25, 0.3) is 0 Å². The van der Waals surface area contributed by atoms with Crippen LogP contribution in [0, 0.1) is 5.82 Å². The molecule has 0 aliphatic heterocycles. The number of hydrogen-bond donors (Lipinski definition) is 1. The maximum atomic E-state index is 14.0. The van der Waals surface area contributed by atoms with E-state index in [1.807, 2.05) is 30.3 Å². The second-order valence-corrected chi connectivity index (χ2v) is 10.5. The molecule has 0 fully saturated rings. The van der Waals surface area contributed by atoms with Gasteiger partial charge in [0, 0.05) is 17.2 Å². The summed E-state index contributed by atoms with van der Waals surface area (Å²) in [5, 5.41) is 7.06. The van der Waals surface area contributed by atoms with Crippen LogP contribution in [0.4, 0.5) is 10.2 Å². The number of rotatable bonds is 9. The molecule has 0 unspecified atom stereocenters. The van der Waals surface area contributed by atoms with Gasteiger partial charge < -0.3 is 14.5 Å². The Morgan fingerprint density at radius 1 is 0.974 bits per heavy atom. The van der Waals surface area contributed by atoms with E-state index in [1.165, 1.54) is 17.2 Å². The molecule has 2 aromatic heterocycles. The molecule has 0 atom stereocenters. The first-order valence-electron chi connectivity index (χ1n) is 12.4. The highest BCUT2D eigenvalue weighted by atomic mass is 79.9. The third-order valence-electron chi connectivity index (χ3n) is 6.58. The first-order chi connectivity index (χ1) is 18.8. The standard InChI is InChI=1S/C31H27BrFN3O3/c1-31(2,22-9-4-3-5-10-22)23-12-14-24(15-13-23)38-20-25-16-17-28(39-25)30(37)34-29-26(32)19-36(35-29)18-21-8-6-7-11-27(21)33/h3-17,19H,18,20H2,1-2H3,(H,34,35,37). The predicted molar refractivity (Wildman–Crippen MR) is 151 cm³/mol. The van der Waals surface area contributed by atoms with Crippen LogP contribution in [0.3, 0.4) is 0 Å². The summed E-state index contributed by atoms with van der Waals surface area (Å²) in [5.74, 6) is 0.887. The van der Waals surface area contributed by atoms with Gasteiger partial charge in [0.05, 0.1) is 11.0 Å². The summed E-state index contributed by atoms with van der Waals surface area (Å²) in [6.45, 7) is 4.79. The highest BCUT2D eigenvalue weighted by molar-refractivity contribution is 9.10. The monoisotopic (exact) mass is 587 g/mol. The van der Waals surface area contributed by atoms with Crippen molar-refractivity contribution in [3.8, 4) is 5.75 Å². The van der Waals surface area contributed by atoms with Crippen LogP contribution >= 0.6 is 15.9 Å². The van der Waals surface area contributed by atoms with Crippen molar-refractivity contribution in [1.29, 1.82) is 0 Å². The number of nitrogens with one attached hydrogen (secondary N) is 1. The third-order valence-corrected chi connectivity index (χ3v) is 7.16. The van der Waals surface area contributed by atoms with Gasteiger partial charge in [-0.05, 0) is 57.4 Å². The van der Waals surface area contributed by atoms with Crippen molar-refractivity contribution in [3.05, 3.63) is 136 Å². The summed E-state index contributed by atoms with van der Waals surface area (Å²) in [5.41, 5.74) is 2.78. The van der Waals surface area contributed by atoms with E-state index in [-0.39, 0.29) is 30.1 Å². The average molecular weight is 588 g/mol. The first-order valence-corrected chi connectivity index (χ1v) is 13.2. The summed E-state index contributed by atoms with van der Waals surface area (Å²) in [6, 6.07) is 28.1. The molecule has 0 saturated heterocycles. The number of ether oxygens (including phenoxy) is 1. The number of aromatic nitrogens is 2. The average Bonchev–Trinajstić information content (AvgIpc) is 3.56. The largest absolute Gasteiger partial charge is 0.486 e. The van der Waals surface area contributed by atoms with Gasteiger partial charge in [-0.3, -0.25) is 9.48 Å². The molecule has 5 rings (SSSR count). The molecule has 5 aromatic rings.